The fourth-order valence-electron chi connectivity index (χ4n) is 3.59. The van der Waals surface area contributed by atoms with Crippen molar-refractivity contribution in [3.8, 4) is 29.1 Å². The van der Waals surface area contributed by atoms with E-state index in [0.29, 0.717) is 39.7 Å². The number of methoxy groups -OCH3 is 2. The molecule has 2 aliphatic heterocycles. The van der Waals surface area contributed by atoms with Gasteiger partial charge in [0.1, 0.15) is 23.1 Å². The van der Waals surface area contributed by atoms with Crippen LogP contribution in [0.1, 0.15) is 18.1 Å². The number of carbonyl (C=O) groups is 2. The molecule has 0 atom stereocenters. The molecule has 2 aromatic carbocycles. The van der Waals surface area contributed by atoms with Crippen LogP contribution in [-0.2, 0) is 16.1 Å². The molecule has 0 radical (unpaired) electrons. The lowest BCUT2D eigenvalue weighted by atomic mass is 9.93. The van der Waals surface area contributed by atoms with Crippen molar-refractivity contribution in [2.75, 3.05) is 21.0 Å². The molecule has 4 rings (SSSR count). The van der Waals surface area contributed by atoms with Gasteiger partial charge in [-0.2, -0.15) is 5.26 Å². The average molecular weight is 432 g/mol. The second-order valence-electron chi connectivity index (χ2n) is 7.16. The van der Waals surface area contributed by atoms with Gasteiger partial charge in [0.05, 0.1) is 20.8 Å². The summed E-state index contributed by atoms with van der Waals surface area (Å²) < 4.78 is 21.3. The van der Waals surface area contributed by atoms with Gasteiger partial charge in [-0.1, -0.05) is 6.07 Å². The molecule has 0 unspecified atom stereocenters. The van der Waals surface area contributed by atoms with E-state index in [1.807, 2.05) is 6.07 Å². The SMILES string of the molecule is COc1ccc(/C=C2/C(=O)N(Cc3ccc4c(c3)OCO4)C(=O)C(C#N)=C2C)c(OC)c1. The van der Waals surface area contributed by atoms with Gasteiger partial charge in [0.15, 0.2) is 11.5 Å². The summed E-state index contributed by atoms with van der Waals surface area (Å²) in [5, 5.41) is 9.61. The summed E-state index contributed by atoms with van der Waals surface area (Å²) >= 11 is 0. The van der Waals surface area contributed by atoms with E-state index in [1.54, 1.807) is 56.5 Å². The summed E-state index contributed by atoms with van der Waals surface area (Å²) in [6.07, 6.45) is 1.62. The van der Waals surface area contributed by atoms with Gasteiger partial charge in [-0.15, -0.1) is 0 Å². The number of hydrogen-bond acceptors (Lipinski definition) is 7. The van der Waals surface area contributed by atoms with Gasteiger partial charge < -0.3 is 18.9 Å². The van der Waals surface area contributed by atoms with Crippen molar-refractivity contribution < 1.29 is 28.5 Å². The molecule has 162 valence electrons. The Labute approximate surface area is 184 Å². The average Bonchev–Trinajstić information content (AvgIpc) is 3.28. The number of nitrogens with zero attached hydrogens (tertiary/aromatic N) is 2. The molecule has 2 aliphatic rings. The Kier molecular flexibility index (Phi) is 5.56. The molecule has 2 heterocycles. The number of carbonyl (C=O) groups excluding carboxylic acids is 2. The van der Waals surface area contributed by atoms with Crippen LogP contribution in [0.15, 0.2) is 53.1 Å². The number of benzene rings is 2. The number of rotatable bonds is 5. The summed E-state index contributed by atoms with van der Waals surface area (Å²) in [6.45, 7) is 1.70. The molecule has 0 bridgehead atoms. The van der Waals surface area contributed by atoms with Crippen molar-refractivity contribution in [1.82, 2.24) is 4.90 Å². The van der Waals surface area contributed by atoms with Gasteiger partial charge in [-0.3, -0.25) is 14.5 Å². The zero-order valence-corrected chi connectivity index (χ0v) is 17.8. The van der Waals surface area contributed by atoms with Crippen LogP contribution in [-0.4, -0.2) is 37.7 Å². The molecule has 0 aliphatic carbocycles. The Bertz CT molecular complexity index is 1220. The summed E-state index contributed by atoms with van der Waals surface area (Å²) in [5.41, 5.74) is 1.77. The Morgan fingerprint density at radius 3 is 2.56 bits per heavy atom. The first-order valence-corrected chi connectivity index (χ1v) is 9.76. The molecule has 2 aromatic rings. The highest BCUT2D eigenvalue weighted by molar-refractivity contribution is 6.19. The van der Waals surface area contributed by atoms with Crippen LogP contribution in [0.5, 0.6) is 23.0 Å². The zero-order valence-electron chi connectivity index (χ0n) is 17.8. The lowest BCUT2D eigenvalue weighted by molar-refractivity contribution is -0.141. The molecule has 32 heavy (non-hydrogen) atoms. The van der Waals surface area contributed by atoms with E-state index >= 15 is 0 Å². The largest absolute Gasteiger partial charge is 0.497 e. The van der Waals surface area contributed by atoms with Gasteiger partial charge in [0.25, 0.3) is 11.8 Å². The highest BCUT2D eigenvalue weighted by atomic mass is 16.7. The molecular weight excluding hydrogens is 412 g/mol. The summed E-state index contributed by atoms with van der Waals surface area (Å²) in [7, 11) is 3.06. The normalized spacial score (nSPS) is 16.4. The Morgan fingerprint density at radius 1 is 1.06 bits per heavy atom. The molecule has 0 aromatic heterocycles. The third-order valence-electron chi connectivity index (χ3n) is 5.34. The lowest BCUT2D eigenvalue weighted by Gasteiger charge is -2.27. The maximum absolute atomic E-state index is 13.3. The second-order valence-corrected chi connectivity index (χ2v) is 7.16. The molecule has 0 saturated carbocycles. The second kappa shape index (κ2) is 8.47. The van der Waals surface area contributed by atoms with Crippen molar-refractivity contribution in [2.24, 2.45) is 0 Å². The standard InChI is InChI=1S/C24H20N2O6/c1-14-18(9-16-5-6-17(29-2)10-21(16)30-3)23(27)26(24(28)19(14)11-25)12-15-4-7-20-22(8-15)32-13-31-20/h4-10H,12-13H2,1-3H3/b18-9+. The van der Waals surface area contributed by atoms with Crippen molar-refractivity contribution in [1.29, 1.82) is 5.26 Å². The van der Waals surface area contributed by atoms with Crippen LogP contribution in [0.2, 0.25) is 0 Å². The number of hydrogen-bond donors (Lipinski definition) is 0. The van der Waals surface area contributed by atoms with E-state index in [4.69, 9.17) is 18.9 Å². The molecule has 8 nitrogen and oxygen atoms in total. The van der Waals surface area contributed by atoms with E-state index in [2.05, 4.69) is 0 Å². The van der Waals surface area contributed by atoms with E-state index in [1.165, 1.54) is 7.11 Å². The minimum absolute atomic E-state index is 0.0101. The molecule has 0 spiro atoms. The van der Waals surface area contributed by atoms with Gasteiger partial charge in [0, 0.05) is 17.2 Å². The quantitative estimate of drug-likeness (QED) is 0.528. The molecule has 0 saturated heterocycles. The number of fused-ring (bicyclic) bond motifs is 1. The van der Waals surface area contributed by atoms with Gasteiger partial charge in [-0.25, -0.2) is 0 Å². The van der Waals surface area contributed by atoms with Gasteiger partial charge in [0.2, 0.25) is 6.79 Å². The maximum Gasteiger partial charge on any atom is 0.271 e. The van der Waals surface area contributed by atoms with Crippen molar-refractivity contribution in [3.63, 3.8) is 0 Å². The predicted molar refractivity (Wildman–Crippen MR) is 114 cm³/mol. The molecule has 2 amide bonds. The minimum atomic E-state index is -0.633. The smallest absolute Gasteiger partial charge is 0.271 e. The van der Waals surface area contributed by atoms with Crippen LogP contribution in [0.4, 0.5) is 0 Å². The van der Waals surface area contributed by atoms with Crippen LogP contribution in [0.25, 0.3) is 6.08 Å². The molecule has 0 N–H and O–H groups in total. The fourth-order valence-corrected chi connectivity index (χ4v) is 3.59. The van der Waals surface area contributed by atoms with Crippen molar-refractivity contribution >= 4 is 17.9 Å². The first-order valence-electron chi connectivity index (χ1n) is 9.76. The minimum Gasteiger partial charge on any atom is -0.497 e. The van der Waals surface area contributed by atoms with E-state index < -0.39 is 11.8 Å². The van der Waals surface area contributed by atoms with Crippen molar-refractivity contribution in [3.05, 3.63) is 64.2 Å². The van der Waals surface area contributed by atoms with Crippen LogP contribution < -0.4 is 18.9 Å². The van der Waals surface area contributed by atoms with Crippen LogP contribution >= 0.6 is 0 Å². The lowest BCUT2D eigenvalue weighted by Crippen LogP contribution is -2.42. The highest BCUT2D eigenvalue weighted by Gasteiger charge is 2.35. The first kappa shape index (κ1) is 21.0. The number of ether oxygens (including phenoxy) is 4. The summed E-state index contributed by atoms with van der Waals surface area (Å²) in [4.78, 5) is 27.3. The summed E-state index contributed by atoms with van der Waals surface area (Å²) in [5.74, 6) is 1.11. The van der Waals surface area contributed by atoms with Crippen LogP contribution in [0, 0.1) is 11.3 Å². The molecule has 0 fully saturated rings. The Balaban J connectivity index is 1.74. The first-order chi connectivity index (χ1) is 15.5. The molecular formula is C24H20N2O6. The third-order valence-corrected chi connectivity index (χ3v) is 5.34. The summed E-state index contributed by atoms with van der Waals surface area (Å²) in [6, 6.07) is 12.3. The molecule has 8 heteroatoms. The number of amides is 2. The zero-order chi connectivity index (χ0) is 22.8. The monoisotopic (exact) mass is 432 g/mol. The topological polar surface area (TPSA) is 98.1 Å². The van der Waals surface area contributed by atoms with E-state index in [0.717, 1.165) is 4.90 Å². The Hall–Kier alpha value is -4.25. The fraction of sp³-hybridized carbons (Fsp3) is 0.208. The maximum atomic E-state index is 13.3. The van der Waals surface area contributed by atoms with E-state index in [9.17, 15) is 14.9 Å². The highest BCUT2D eigenvalue weighted by Crippen LogP contribution is 2.35. The van der Waals surface area contributed by atoms with E-state index in [-0.39, 0.29) is 24.5 Å². The predicted octanol–water partition coefficient (Wildman–Crippen LogP) is 3.22. The van der Waals surface area contributed by atoms with Crippen LogP contribution in [0.3, 0.4) is 0 Å². The number of nitriles is 1. The van der Waals surface area contributed by atoms with Crippen molar-refractivity contribution in [2.45, 2.75) is 13.5 Å². The number of imide groups is 1. The Morgan fingerprint density at radius 2 is 1.84 bits per heavy atom. The van der Waals surface area contributed by atoms with Gasteiger partial charge >= 0.3 is 0 Å². The van der Waals surface area contributed by atoms with Gasteiger partial charge in [-0.05, 0) is 48.4 Å². The third kappa shape index (κ3) is 3.65.